The first-order valence-electron chi connectivity index (χ1n) is 7.22. The Morgan fingerprint density at radius 3 is 2.81 bits per heavy atom. The van der Waals surface area contributed by atoms with Crippen molar-refractivity contribution < 1.29 is 0 Å². The van der Waals surface area contributed by atoms with Crippen molar-refractivity contribution in [3.63, 3.8) is 0 Å². The van der Waals surface area contributed by atoms with Crippen LogP contribution in [0.1, 0.15) is 51.8 Å². The van der Waals surface area contributed by atoms with Crippen molar-refractivity contribution in [2.24, 2.45) is 0 Å². The molecule has 0 spiro atoms. The zero-order valence-electron chi connectivity index (χ0n) is 12.5. The van der Waals surface area contributed by atoms with Crippen molar-refractivity contribution in [3.05, 3.63) is 38.5 Å². The van der Waals surface area contributed by atoms with E-state index in [1.54, 1.807) is 11.3 Å². The quantitative estimate of drug-likeness (QED) is 0.938. The number of nitrogens with one attached hydrogen (secondary N) is 1. The molecular weight excluding hydrogens is 280 g/mol. The summed E-state index contributed by atoms with van der Waals surface area (Å²) in [6.07, 6.45) is 3.20. The molecule has 0 fully saturated rings. The van der Waals surface area contributed by atoms with Gasteiger partial charge in [-0.25, -0.2) is 9.97 Å². The number of thiazole rings is 1. The fraction of sp³-hybridized carbons (Fsp3) is 0.438. The lowest BCUT2D eigenvalue weighted by molar-refractivity contribution is 0.869. The van der Waals surface area contributed by atoms with Gasteiger partial charge >= 0.3 is 0 Å². The summed E-state index contributed by atoms with van der Waals surface area (Å²) in [5.74, 6) is 0.705. The molecule has 4 nitrogen and oxygen atoms in total. The maximum absolute atomic E-state index is 9.35. The number of rotatable bonds is 3. The van der Waals surface area contributed by atoms with E-state index in [0.29, 0.717) is 11.4 Å². The summed E-state index contributed by atoms with van der Waals surface area (Å²) in [5.41, 5.74) is 4.06. The fourth-order valence-electron chi connectivity index (χ4n) is 2.89. The van der Waals surface area contributed by atoms with Crippen LogP contribution in [-0.2, 0) is 12.8 Å². The van der Waals surface area contributed by atoms with Crippen LogP contribution in [0, 0.1) is 25.2 Å². The summed E-state index contributed by atoms with van der Waals surface area (Å²) < 4.78 is 0. The number of hydrogen-bond donors (Lipinski definition) is 1. The van der Waals surface area contributed by atoms with Gasteiger partial charge in [-0.1, -0.05) is 0 Å². The van der Waals surface area contributed by atoms with Crippen LogP contribution in [0.25, 0.3) is 0 Å². The van der Waals surface area contributed by atoms with Crippen LogP contribution in [-0.4, -0.2) is 9.97 Å². The molecule has 0 amide bonds. The number of aryl methyl sites for hydroxylation is 4. The van der Waals surface area contributed by atoms with E-state index >= 15 is 0 Å². The maximum atomic E-state index is 9.35. The highest BCUT2D eigenvalue weighted by molar-refractivity contribution is 7.11. The number of nitrogens with zero attached hydrogens (tertiary/aromatic N) is 3. The van der Waals surface area contributed by atoms with Crippen molar-refractivity contribution in [1.29, 1.82) is 5.26 Å². The van der Waals surface area contributed by atoms with Crippen LogP contribution < -0.4 is 5.32 Å². The highest BCUT2D eigenvalue weighted by Crippen LogP contribution is 2.30. The Morgan fingerprint density at radius 2 is 2.14 bits per heavy atom. The van der Waals surface area contributed by atoms with Crippen LogP contribution in [0.5, 0.6) is 0 Å². The Kier molecular flexibility index (Phi) is 3.64. The molecule has 21 heavy (non-hydrogen) atoms. The third kappa shape index (κ3) is 2.64. The monoisotopic (exact) mass is 298 g/mol. The molecule has 0 saturated carbocycles. The first-order chi connectivity index (χ1) is 10.1. The van der Waals surface area contributed by atoms with Gasteiger partial charge in [-0.05, 0) is 51.7 Å². The summed E-state index contributed by atoms with van der Waals surface area (Å²) in [6.45, 7) is 6.14. The molecule has 3 rings (SSSR count). The molecule has 1 atom stereocenters. The van der Waals surface area contributed by atoms with Gasteiger partial charge in [-0.15, -0.1) is 11.3 Å². The zero-order chi connectivity index (χ0) is 15.0. The minimum absolute atomic E-state index is 0.107. The van der Waals surface area contributed by atoms with Gasteiger partial charge in [0.05, 0.1) is 22.3 Å². The molecule has 0 aliphatic heterocycles. The first kappa shape index (κ1) is 14.0. The van der Waals surface area contributed by atoms with Gasteiger partial charge in [0.2, 0.25) is 0 Å². The van der Waals surface area contributed by atoms with E-state index in [0.717, 1.165) is 35.7 Å². The smallest absolute Gasteiger partial charge is 0.144 e. The zero-order valence-corrected chi connectivity index (χ0v) is 13.3. The molecular formula is C16H18N4S. The number of aromatic nitrogens is 2. The molecule has 0 saturated heterocycles. The van der Waals surface area contributed by atoms with Crippen molar-refractivity contribution in [2.45, 2.75) is 46.1 Å². The molecule has 2 aromatic heterocycles. The lowest BCUT2D eigenvalue weighted by atomic mass is 10.1. The molecule has 0 aromatic carbocycles. The van der Waals surface area contributed by atoms with Gasteiger partial charge in [0.25, 0.3) is 0 Å². The van der Waals surface area contributed by atoms with Crippen molar-refractivity contribution in [3.8, 4) is 6.07 Å². The molecule has 2 heterocycles. The average Bonchev–Trinajstić information content (AvgIpc) is 3.03. The molecule has 1 N–H and O–H groups in total. The second-order valence-corrected chi connectivity index (χ2v) is 6.74. The largest absolute Gasteiger partial charge is 0.362 e. The Bertz CT molecular complexity index is 727. The minimum atomic E-state index is 0.107. The van der Waals surface area contributed by atoms with Crippen molar-refractivity contribution in [1.82, 2.24) is 9.97 Å². The molecule has 0 radical (unpaired) electrons. The normalized spacial score (nSPS) is 14.6. The second-order valence-electron chi connectivity index (χ2n) is 5.50. The average molecular weight is 298 g/mol. The van der Waals surface area contributed by atoms with Crippen LogP contribution >= 0.6 is 11.3 Å². The Balaban J connectivity index is 1.91. The van der Waals surface area contributed by atoms with E-state index in [-0.39, 0.29) is 6.04 Å². The number of nitriles is 1. The lowest BCUT2D eigenvalue weighted by Gasteiger charge is -2.15. The molecule has 108 valence electrons. The summed E-state index contributed by atoms with van der Waals surface area (Å²) >= 11 is 1.70. The summed E-state index contributed by atoms with van der Waals surface area (Å²) in [5, 5.41) is 13.8. The second kappa shape index (κ2) is 5.45. The highest BCUT2D eigenvalue weighted by atomic mass is 32.1. The number of pyridine rings is 1. The van der Waals surface area contributed by atoms with E-state index in [4.69, 9.17) is 0 Å². The predicted octanol–water partition coefficient (Wildman–Crippen LogP) is 3.69. The molecule has 0 bridgehead atoms. The van der Waals surface area contributed by atoms with Gasteiger partial charge in [0.15, 0.2) is 0 Å². The van der Waals surface area contributed by atoms with Gasteiger partial charge in [-0.2, -0.15) is 5.26 Å². The van der Waals surface area contributed by atoms with Crippen LogP contribution in [0.3, 0.4) is 0 Å². The third-order valence-corrected chi connectivity index (χ3v) is 5.11. The van der Waals surface area contributed by atoms with E-state index in [9.17, 15) is 5.26 Å². The molecule has 1 unspecified atom stereocenters. The summed E-state index contributed by atoms with van der Waals surface area (Å²) in [6, 6.07) is 4.37. The fourth-order valence-corrected chi connectivity index (χ4v) is 3.82. The minimum Gasteiger partial charge on any atom is -0.362 e. The third-order valence-electron chi connectivity index (χ3n) is 3.86. The first-order valence-corrected chi connectivity index (χ1v) is 8.03. The number of hydrogen-bond acceptors (Lipinski definition) is 5. The Hall–Kier alpha value is -1.93. The van der Waals surface area contributed by atoms with Gasteiger partial charge < -0.3 is 5.32 Å². The van der Waals surface area contributed by atoms with Gasteiger partial charge in [-0.3, -0.25) is 0 Å². The van der Waals surface area contributed by atoms with Crippen LogP contribution in [0.15, 0.2) is 6.07 Å². The van der Waals surface area contributed by atoms with Gasteiger partial charge in [0, 0.05) is 10.6 Å². The topological polar surface area (TPSA) is 61.6 Å². The molecule has 5 heteroatoms. The van der Waals surface area contributed by atoms with E-state index in [2.05, 4.69) is 28.3 Å². The Labute approximate surface area is 128 Å². The van der Waals surface area contributed by atoms with Crippen LogP contribution in [0.4, 0.5) is 5.82 Å². The van der Waals surface area contributed by atoms with E-state index in [1.807, 2.05) is 19.9 Å². The molecule has 1 aliphatic carbocycles. The summed E-state index contributed by atoms with van der Waals surface area (Å²) in [7, 11) is 0. The molecule has 2 aromatic rings. The van der Waals surface area contributed by atoms with Gasteiger partial charge in [0.1, 0.15) is 11.9 Å². The van der Waals surface area contributed by atoms with Crippen LogP contribution in [0.2, 0.25) is 0 Å². The van der Waals surface area contributed by atoms with E-state index < -0.39 is 0 Å². The van der Waals surface area contributed by atoms with E-state index in [1.165, 1.54) is 10.4 Å². The maximum Gasteiger partial charge on any atom is 0.144 e. The lowest BCUT2D eigenvalue weighted by Crippen LogP contribution is -2.10. The molecule has 1 aliphatic rings. The SMILES string of the molecule is Cc1nc(C)c(C(C)Nc2nc3c(cc2C#N)CCC3)s1. The van der Waals surface area contributed by atoms with Crippen molar-refractivity contribution >= 4 is 17.2 Å². The number of fused-ring (bicyclic) bond motifs is 1. The highest BCUT2D eigenvalue weighted by Gasteiger charge is 2.19. The summed E-state index contributed by atoms with van der Waals surface area (Å²) in [4.78, 5) is 10.4. The van der Waals surface area contributed by atoms with Crippen molar-refractivity contribution in [2.75, 3.05) is 5.32 Å². The number of anilines is 1. The standard InChI is InChI=1S/C16H18N4S/c1-9-15(21-11(3)18-9)10(2)19-16-13(8-17)7-12-5-4-6-14(12)20-16/h7,10H,4-6H2,1-3H3,(H,19,20). The predicted molar refractivity (Wildman–Crippen MR) is 84.6 cm³/mol. The Morgan fingerprint density at radius 1 is 1.33 bits per heavy atom.